The van der Waals surface area contributed by atoms with Gasteiger partial charge in [0, 0.05) is 37.0 Å². The van der Waals surface area contributed by atoms with Gasteiger partial charge in [0.2, 0.25) is 0 Å². The van der Waals surface area contributed by atoms with Crippen molar-refractivity contribution in [1.29, 1.82) is 0 Å². The zero-order valence-corrected chi connectivity index (χ0v) is 9.86. The Morgan fingerprint density at radius 3 is 2.88 bits per heavy atom. The molecule has 0 saturated heterocycles. The van der Waals surface area contributed by atoms with Crippen molar-refractivity contribution < 1.29 is 0 Å². The predicted octanol–water partition coefficient (Wildman–Crippen LogP) is 1.31. The van der Waals surface area contributed by atoms with Crippen molar-refractivity contribution in [3.8, 4) is 11.3 Å². The fourth-order valence-electron chi connectivity index (χ4n) is 1.56. The highest BCUT2D eigenvalue weighted by atomic mass is 15.2. The van der Waals surface area contributed by atoms with Crippen molar-refractivity contribution in [2.45, 2.75) is 26.4 Å². The minimum Gasteiger partial charge on any atom is -0.310 e. The lowest BCUT2D eigenvalue weighted by Gasteiger charge is -2.07. The van der Waals surface area contributed by atoms with E-state index in [1.807, 2.05) is 25.6 Å². The first kappa shape index (κ1) is 10.9. The summed E-state index contributed by atoms with van der Waals surface area (Å²) in [5.41, 5.74) is 3.28. The summed E-state index contributed by atoms with van der Waals surface area (Å²) < 4.78 is 1.79. The fourth-order valence-corrected chi connectivity index (χ4v) is 1.56. The van der Waals surface area contributed by atoms with Crippen molar-refractivity contribution in [3.05, 3.63) is 24.2 Å². The van der Waals surface area contributed by atoms with Crippen LogP contribution in [0.4, 0.5) is 0 Å². The van der Waals surface area contributed by atoms with Crippen LogP contribution in [0, 0.1) is 0 Å². The minimum atomic E-state index is 0.469. The number of rotatable bonds is 4. The SMILES string of the molecule is CC(C)NCc1cn[nH]c1-c1cnn(C)c1. The van der Waals surface area contributed by atoms with Crippen LogP contribution in [0.15, 0.2) is 18.6 Å². The molecule has 16 heavy (non-hydrogen) atoms. The molecule has 5 heteroatoms. The van der Waals surface area contributed by atoms with Gasteiger partial charge in [0.05, 0.1) is 18.1 Å². The number of aryl methyl sites for hydroxylation is 1. The summed E-state index contributed by atoms with van der Waals surface area (Å²) in [4.78, 5) is 0. The maximum Gasteiger partial charge on any atom is 0.0726 e. The smallest absolute Gasteiger partial charge is 0.0726 e. The summed E-state index contributed by atoms with van der Waals surface area (Å²) in [6.07, 6.45) is 5.68. The van der Waals surface area contributed by atoms with Gasteiger partial charge in [-0.2, -0.15) is 10.2 Å². The Kier molecular flexibility index (Phi) is 3.05. The first-order valence-corrected chi connectivity index (χ1v) is 5.41. The Balaban J connectivity index is 2.19. The minimum absolute atomic E-state index is 0.469. The Hall–Kier alpha value is -1.62. The van der Waals surface area contributed by atoms with E-state index in [0.29, 0.717) is 6.04 Å². The molecule has 0 radical (unpaired) electrons. The Labute approximate surface area is 94.9 Å². The molecule has 0 aromatic carbocycles. The largest absolute Gasteiger partial charge is 0.310 e. The van der Waals surface area contributed by atoms with Crippen LogP contribution in [0.3, 0.4) is 0 Å². The summed E-state index contributed by atoms with van der Waals surface area (Å²) in [5, 5.41) is 14.6. The molecular weight excluding hydrogens is 202 g/mol. The molecule has 0 spiro atoms. The van der Waals surface area contributed by atoms with E-state index in [1.165, 1.54) is 5.56 Å². The van der Waals surface area contributed by atoms with Crippen molar-refractivity contribution in [2.75, 3.05) is 0 Å². The second kappa shape index (κ2) is 4.49. The summed E-state index contributed by atoms with van der Waals surface area (Å²) >= 11 is 0. The van der Waals surface area contributed by atoms with Gasteiger partial charge in [-0.15, -0.1) is 0 Å². The molecule has 86 valence electrons. The van der Waals surface area contributed by atoms with Crippen molar-refractivity contribution in [2.24, 2.45) is 7.05 Å². The molecule has 0 aliphatic heterocycles. The van der Waals surface area contributed by atoms with E-state index < -0.39 is 0 Å². The molecule has 0 unspecified atom stereocenters. The molecule has 0 aliphatic carbocycles. The lowest BCUT2D eigenvalue weighted by molar-refractivity contribution is 0.589. The van der Waals surface area contributed by atoms with E-state index in [1.54, 1.807) is 4.68 Å². The molecular formula is C11H17N5. The third kappa shape index (κ3) is 2.30. The molecule has 0 aliphatic rings. The number of aromatic nitrogens is 4. The lowest BCUT2D eigenvalue weighted by Crippen LogP contribution is -2.21. The third-order valence-corrected chi connectivity index (χ3v) is 2.41. The number of H-pyrrole nitrogens is 1. The summed E-state index contributed by atoms with van der Waals surface area (Å²) in [6, 6.07) is 0.469. The average Bonchev–Trinajstić information content (AvgIpc) is 2.82. The number of hydrogen-bond donors (Lipinski definition) is 2. The molecule has 0 saturated carbocycles. The molecule has 0 atom stereocenters. The van der Waals surface area contributed by atoms with Crippen molar-refractivity contribution >= 4 is 0 Å². The van der Waals surface area contributed by atoms with E-state index in [-0.39, 0.29) is 0 Å². The Morgan fingerprint density at radius 1 is 1.44 bits per heavy atom. The van der Waals surface area contributed by atoms with Crippen LogP contribution in [0.2, 0.25) is 0 Å². The standard InChI is InChI=1S/C11H17N5/c1-8(2)12-4-9-5-13-15-11(9)10-6-14-16(3)7-10/h5-8,12H,4H2,1-3H3,(H,13,15). The molecule has 0 amide bonds. The maximum atomic E-state index is 4.16. The van der Waals surface area contributed by atoms with Crippen LogP contribution >= 0.6 is 0 Å². The fraction of sp³-hybridized carbons (Fsp3) is 0.455. The third-order valence-electron chi connectivity index (χ3n) is 2.41. The molecule has 2 aromatic rings. The van der Waals surface area contributed by atoms with Crippen LogP contribution in [-0.2, 0) is 13.6 Å². The lowest BCUT2D eigenvalue weighted by atomic mass is 10.1. The van der Waals surface area contributed by atoms with E-state index in [9.17, 15) is 0 Å². The van der Waals surface area contributed by atoms with Crippen LogP contribution in [-0.4, -0.2) is 26.0 Å². The number of nitrogens with one attached hydrogen (secondary N) is 2. The van der Waals surface area contributed by atoms with E-state index >= 15 is 0 Å². The Bertz CT molecular complexity index is 454. The first-order valence-electron chi connectivity index (χ1n) is 5.41. The monoisotopic (exact) mass is 219 g/mol. The maximum absolute atomic E-state index is 4.16. The van der Waals surface area contributed by atoms with Crippen LogP contribution in [0.5, 0.6) is 0 Å². The zero-order chi connectivity index (χ0) is 11.5. The normalized spacial score (nSPS) is 11.2. The van der Waals surface area contributed by atoms with Gasteiger partial charge in [-0.3, -0.25) is 9.78 Å². The molecule has 2 heterocycles. The molecule has 2 N–H and O–H groups in total. The van der Waals surface area contributed by atoms with E-state index in [4.69, 9.17) is 0 Å². The topological polar surface area (TPSA) is 58.5 Å². The van der Waals surface area contributed by atoms with Gasteiger partial charge in [0.15, 0.2) is 0 Å². The molecule has 0 fully saturated rings. The number of nitrogens with zero attached hydrogens (tertiary/aromatic N) is 3. The Morgan fingerprint density at radius 2 is 2.25 bits per heavy atom. The highest BCUT2D eigenvalue weighted by Crippen LogP contribution is 2.19. The van der Waals surface area contributed by atoms with Crippen LogP contribution in [0.1, 0.15) is 19.4 Å². The van der Waals surface area contributed by atoms with Crippen LogP contribution in [0.25, 0.3) is 11.3 Å². The average molecular weight is 219 g/mol. The van der Waals surface area contributed by atoms with Gasteiger partial charge in [-0.25, -0.2) is 0 Å². The first-order chi connectivity index (χ1) is 7.66. The molecule has 2 aromatic heterocycles. The summed E-state index contributed by atoms with van der Waals surface area (Å²) in [7, 11) is 1.91. The quantitative estimate of drug-likeness (QED) is 0.815. The number of hydrogen-bond acceptors (Lipinski definition) is 3. The van der Waals surface area contributed by atoms with Gasteiger partial charge in [0.1, 0.15) is 0 Å². The van der Waals surface area contributed by atoms with Gasteiger partial charge >= 0.3 is 0 Å². The second-order valence-electron chi connectivity index (χ2n) is 4.21. The highest BCUT2D eigenvalue weighted by Gasteiger charge is 2.09. The van der Waals surface area contributed by atoms with Crippen molar-refractivity contribution in [1.82, 2.24) is 25.3 Å². The highest BCUT2D eigenvalue weighted by molar-refractivity contribution is 5.60. The summed E-state index contributed by atoms with van der Waals surface area (Å²) in [6.45, 7) is 5.08. The molecule has 5 nitrogen and oxygen atoms in total. The molecule has 0 bridgehead atoms. The second-order valence-corrected chi connectivity index (χ2v) is 4.21. The van der Waals surface area contributed by atoms with E-state index in [2.05, 4.69) is 34.5 Å². The zero-order valence-electron chi connectivity index (χ0n) is 9.86. The molecule has 2 rings (SSSR count). The van der Waals surface area contributed by atoms with Gasteiger partial charge < -0.3 is 5.32 Å². The van der Waals surface area contributed by atoms with Crippen molar-refractivity contribution in [3.63, 3.8) is 0 Å². The predicted molar refractivity (Wildman–Crippen MR) is 62.8 cm³/mol. The van der Waals surface area contributed by atoms with Gasteiger partial charge in [-0.05, 0) is 0 Å². The summed E-state index contributed by atoms with van der Waals surface area (Å²) in [5.74, 6) is 0. The number of aromatic amines is 1. The van der Waals surface area contributed by atoms with Gasteiger partial charge in [-0.1, -0.05) is 13.8 Å². The van der Waals surface area contributed by atoms with Gasteiger partial charge in [0.25, 0.3) is 0 Å². The van der Waals surface area contributed by atoms with Crippen LogP contribution < -0.4 is 5.32 Å². The van der Waals surface area contributed by atoms with E-state index in [0.717, 1.165) is 17.8 Å².